The summed E-state index contributed by atoms with van der Waals surface area (Å²) in [6.07, 6.45) is 6.88. The molecule has 2 aliphatic rings. The maximum Gasteiger partial charge on any atom is 0.0118 e. The van der Waals surface area contributed by atoms with E-state index in [0.29, 0.717) is 29.1 Å². The number of nitrogens with zero attached hydrogens (tertiary/aromatic N) is 7. The molecule has 0 aromatic carbocycles. The first-order valence-corrected chi connectivity index (χ1v) is 29.8. The molecule has 0 amide bonds. The van der Waals surface area contributed by atoms with E-state index < -0.39 is 0 Å². The van der Waals surface area contributed by atoms with E-state index in [1.807, 2.05) is 111 Å². The second kappa shape index (κ2) is 90.5. The summed E-state index contributed by atoms with van der Waals surface area (Å²) in [6.45, 7) is 81.8. The lowest BCUT2D eigenvalue weighted by atomic mass is 9.94. The summed E-state index contributed by atoms with van der Waals surface area (Å²) in [5.74, 6) is 0.884. The van der Waals surface area contributed by atoms with Gasteiger partial charge >= 0.3 is 0 Å². The van der Waals surface area contributed by atoms with Crippen molar-refractivity contribution < 1.29 is 0 Å². The van der Waals surface area contributed by atoms with Gasteiger partial charge in [0.05, 0.1) is 0 Å². The molecule has 0 bridgehead atoms. The molecule has 0 aromatic rings. The molecule has 7 nitrogen and oxygen atoms in total. The lowest BCUT2D eigenvalue weighted by molar-refractivity contribution is 0.160. The summed E-state index contributed by atoms with van der Waals surface area (Å²) < 4.78 is 0. The van der Waals surface area contributed by atoms with E-state index in [1.165, 1.54) is 84.5 Å². The van der Waals surface area contributed by atoms with Crippen LogP contribution in [0.2, 0.25) is 0 Å². The van der Waals surface area contributed by atoms with Crippen molar-refractivity contribution in [2.45, 2.75) is 291 Å². The number of likely N-dealkylation sites (tertiary alicyclic amines) is 1. The van der Waals surface area contributed by atoms with Crippen LogP contribution in [0.4, 0.5) is 0 Å². The van der Waals surface area contributed by atoms with E-state index in [0.717, 1.165) is 5.92 Å². The van der Waals surface area contributed by atoms with Crippen LogP contribution in [-0.4, -0.2) is 174 Å². The number of hydrogen-bond donors (Lipinski definition) is 0. The van der Waals surface area contributed by atoms with E-state index in [9.17, 15) is 0 Å². The minimum absolute atomic E-state index is 0.333. The highest BCUT2D eigenvalue weighted by Crippen LogP contribution is 2.16. The van der Waals surface area contributed by atoms with Gasteiger partial charge in [-0.25, -0.2) is 0 Å². The van der Waals surface area contributed by atoms with Crippen molar-refractivity contribution in [1.29, 1.82) is 0 Å². The van der Waals surface area contributed by atoms with Gasteiger partial charge in [-0.2, -0.15) is 0 Å². The summed E-state index contributed by atoms with van der Waals surface area (Å²) >= 11 is 0. The van der Waals surface area contributed by atoms with Crippen molar-refractivity contribution in [2.24, 2.45) is 11.3 Å². The van der Waals surface area contributed by atoms with Gasteiger partial charge in [-0.15, -0.1) is 0 Å². The van der Waals surface area contributed by atoms with Crippen LogP contribution in [0.15, 0.2) is 0 Å². The number of rotatable bonds is 6. The average molecular weight is 1000 g/mol. The minimum atomic E-state index is 0.333. The zero-order chi connectivity index (χ0) is 59.5. The fraction of sp³-hybridized carbons (Fsp3) is 1.00. The highest BCUT2D eigenvalue weighted by molar-refractivity contribution is 4.68. The highest BCUT2D eigenvalue weighted by atomic mass is 15.2. The van der Waals surface area contributed by atoms with Crippen molar-refractivity contribution in [3.63, 3.8) is 0 Å². The second-order valence-corrected chi connectivity index (χ2v) is 19.2. The quantitative estimate of drug-likeness (QED) is 0.261. The van der Waals surface area contributed by atoms with Crippen molar-refractivity contribution in [1.82, 2.24) is 34.3 Å². The van der Waals surface area contributed by atoms with Crippen LogP contribution in [-0.2, 0) is 0 Å². The maximum absolute atomic E-state index is 2.52. The largest absolute Gasteiger partial charge is 0.307 e. The SMILES string of the molecule is CC.CC.CC.CC.CC.CC.CC.CC.CC(C)N(C)C.CC(C)N(C)C.CC(C)N(C)C.CCC(C)(C)C.CCC(C)C.CCN1CCCCC1.CCN1CCN(C)CC1.CN(C)C(C)(C)C. The van der Waals surface area contributed by atoms with Crippen LogP contribution in [0, 0.1) is 11.3 Å². The Morgan fingerprint density at radius 1 is 0.377 bits per heavy atom. The van der Waals surface area contributed by atoms with Crippen LogP contribution in [0.3, 0.4) is 0 Å². The first-order chi connectivity index (χ1) is 32.0. The fourth-order valence-corrected chi connectivity index (χ4v) is 2.44. The van der Waals surface area contributed by atoms with Crippen molar-refractivity contribution in [2.75, 3.05) is 116 Å². The number of piperazine rings is 1. The third-order valence-electron chi connectivity index (χ3n) is 10.3. The topological polar surface area (TPSA) is 22.7 Å². The molecule has 69 heavy (non-hydrogen) atoms. The summed E-state index contributed by atoms with van der Waals surface area (Å²) in [5, 5.41) is 0. The Morgan fingerprint density at radius 2 is 0.551 bits per heavy atom. The predicted molar refractivity (Wildman–Crippen MR) is 341 cm³/mol. The van der Waals surface area contributed by atoms with Crippen molar-refractivity contribution >= 4 is 0 Å². The molecule has 2 saturated heterocycles. The molecule has 2 rings (SSSR count). The van der Waals surface area contributed by atoms with Crippen molar-refractivity contribution in [3.8, 4) is 0 Å². The highest BCUT2D eigenvalue weighted by Gasteiger charge is 2.11. The van der Waals surface area contributed by atoms with Crippen molar-refractivity contribution in [3.05, 3.63) is 0 Å². The third kappa shape index (κ3) is 146. The zero-order valence-electron chi connectivity index (χ0n) is 58.6. The minimum Gasteiger partial charge on any atom is -0.307 e. The Bertz CT molecular complexity index is 617. The molecule has 0 atom stereocenters. The summed E-state index contributed by atoms with van der Waals surface area (Å²) in [6, 6.07) is 2.06. The second-order valence-electron chi connectivity index (χ2n) is 19.2. The molecule has 7 heteroatoms. The van der Waals surface area contributed by atoms with Gasteiger partial charge in [0, 0.05) is 49.8 Å². The Balaban J connectivity index is -0.0000000402. The monoisotopic (exact) mass is 1000 g/mol. The van der Waals surface area contributed by atoms with Gasteiger partial charge in [0.1, 0.15) is 0 Å². The van der Waals surface area contributed by atoms with Gasteiger partial charge in [-0.3, -0.25) is 0 Å². The lowest BCUT2D eigenvalue weighted by Crippen LogP contribution is -2.44. The van der Waals surface area contributed by atoms with Crippen LogP contribution in [0.5, 0.6) is 0 Å². The molecule has 0 aliphatic carbocycles. The van der Waals surface area contributed by atoms with Crippen LogP contribution >= 0.6 is 0 Å². The molecule has 0 N–H and O–H groups in total. The molecule has 442 valence electrons. The average Bonchev–Trinajstić information content (AvgIpc) is 3.35. The Kier molecular flexibility index (Phi) is 138. The smallest absolute Gasteiger partial charge is 0.0118 e. The van der Waals surface area contributed by atoms with Gasteiger partial charge in [0.2, 0.25) is 0 Å². The lowest BCUT2D eigenvalue weighted by Gasteiger charge is -2.31. The molecule has 0 spiro atoms. The molecule has 0 saturated carbocycles. The molecule has 2 fully saturated rings. The zero-order valence-corrected chi connectivity index (χ0v) is 58.6. The summed E-state index contributed by atoms with van der Waals surface area (Å²) in [4.78, 5) is 16.1. The van der Waals surface area contributed by atoms with Gasteiger partial charge in [-0.05, 0) is 176 Å². The van der Waals surface area contributed by atoms with E-state index in [4.69, 9.17) is 0 Å². The van der Waals surface area contributed by atoms with Gasteiger partial charge in [0.25, 0.3) is 0 Å². The van der Waals surface area contributed by atoms with Gasteiger partial charge < -0.3 is 34.3 Å². The first-order valence-electron chi connectivity index (χ1n) is 29.8. The molecular formula is C62H159N7. The molecule has 2 aliphatic heterocycles. The predicted octanol–water partition coefficient (Wildman–Crippen LogP) is 18.7. The standard InChI is InChI=1S/C7H16N2.C7H15N.C6H15N.C6H14.3C5H13N.C5H12.8C2H6/c1-3-9-6-4-8(2)5-7-9;1-2-8-6-4-3-5-7-8;1-6(2,3)7(4)5;1-5-6(2,3)4;3*1-5(2)6(3)4;1-4-5(2)3;8*1-2/h3-7H2,1-2H3;2-7H2,1H3;1-5H3;5H2,1-4H3;3*5H,1-4H3;5H,4H2,1-3H3;8*1-2H3. The Labute approximate surface area is 450 Å². The van der Waals surface area contributed by atoms with Crippen LogP contribution < -0.4 is 0 Å². The molecule has 0 unspecified atom stereocenters. The number of piperidine rings is 1. The van der Waals surface area contributed by atoms with Gasteiger partial charge in [-0.1, -0.05) is 192 Å². The Hall–Kier alpha value is -0.280. The maximum atomic E-state index is 2.52. The van der Waals surface area contributed by atoms with Crippen LogP contribution in [0.25, 0.3) is 0 Å². The van der Waals surface area contributed by atoms with Crippen LogP contribution in [0.1, 0.15) is 268 Å². The molecule has 0 aromatic heterocycles. The van der Waals surface area contributed by atoms with E-state index in [1.54, 1.807) is 0 Å². The van der Waals surface area contributed by atoms with E-state index in [-0.39, 0.29) is 0 Å². The normalized spacial score (nSPS) is 12.6. The third-order valence-corrected chi connectivity index (χ3v) is 10.3. The molecule has 2 heterocycles. The number of hydrogen-bond acceptors (Lipinski definition) is 7. The van der Waals surface area contributed by atoms with E-state index >= 15 is 0 Å². The fourth-order valence-electron chi connectivity index (χ4n) is 2.44. The first kappa shape index (κ1) is 105. The van der Waals surface area contributed by atoms with Gasteiger partial charge in [0.15, 0.2) is 0 Å². The molecular weight excluding hydrogens is 843 g/mol. The summed E-state index contributed by atoms with van der Waals surface area (Å²) in [7, 11) is 18.8. The molecule has 0 radical (unpaired) electrons. The number of likely N-dealkylation sites (N-methyl/N-ethyl adjacent to an activating group) is 2. The summed E-state index contributed by atoms with van der Waals surface area (Å²) in [5.41, 5.74) is 0.875. The Morgan fingerprint density at radius 3 is 0.652 bits per heavy atom. The van der Waals surface area contributed by atoms with E-state index in [2.05, 4.69) is 222 Å².